The van der Waals surface area contributed by atoms with Gasteiger partial charge in [0.05, 0.1) is 13.2 Å². The zero-order valence-electron chi connectivity index (χ0n) is 19.0. The van der Waals surface area contributed by atoms with E-state index in [0.717, 1.165) is 34.1 Å². The van der Waals surface area contributed by atoms with E-state index in [9.17, 15) is 4.79 Å². The van der Waals surface area contributed by atoms with Crippen molar-refractivity contribution in [1.29, 1.82) is 0 Å². The molecule has 3 rings (SSSR count). The minimum Gasteiger partial charge on any atom is -0.490 e. The zero-order chi connectivity index (χ0) is 22.8. The van der Waals surface area contributed by atoms with Gasteiger partial charge in [0.25, 0.3) is 0 Å². The molecule has 4 nitrogen and oxygen atoms in total. The molecular weight excluding hydrogens is 418 g/mol. The molecule has 0 unspecified atom stereocenters. The fourth-order valence-electron chi connectivity index (χ4n) is 3.36. The number of carbonyl (C=O) groups excluding carboxylic acids is 1. The molecule has 0 aliphatic rings. The number of benzene rings is 3. The highest BCUT2D eigenvalue weighted by Gasteiger charge is 2.10. The summed E-state index contributed by atoms with van der Waals surface area (Å²) in [7, 11) is 0. The van der Waals surface area contributed by atoms with Crippen LogP contribution in [0.5, 0.6) is 11.5 Å². The van der Waals surface area contributed by atoms with Crippen molar-refractivity contribution >= 4 is 23.4 Å². The molecule has 3 aromatic carbocycles. The lowest BCUT2D eigenvalue weighted by atomic mass is 10.1. The highest BCUT2D eigenvalue weighted by molar-refractivity contribution is 7.98. The van der Waals surface area contributed by atoms with Gasteiger partial charge in [-0.25, -0.2) is 0 Å². The van der Waals surface area contributed by atoms with Crippen molar-refractivity contribution in [3.05, 3.63) is 83.4 Å². The predicted molar refractivity (Wildman–Crippen MR) is 133 cm³/mol. The summed E-state index contributed by atoms with van der Waals surface area (Å²) in [6.07, 6.45) is 1.05. The molecule has 0 aliphatic carbocycles. The van der Waals surface area contributed by atoms with Crippen LogP contribution in [0.4, 0.5) is 5.69 Å². The summed E-state index contributed by atoms with van der Waals surface area (Å²) in [4.78, 5) is 13.8. The Bertz CT molecular complexity index is 1020. The van der Waals surface area contributed by atoms with Gasteiger partial charge in [0.2, 0.25) is 5.91 Å². The summed E-state index contributed by atoms with van der Waals surface area (Å²) in [6.45, 7) is 7.09. The zero-order valence-corrected chi connectivity index (χ0v) is 19.8. The van der Waals surface area contributed by atoms with Crippen molar-refractivity contribution in [3.63, 3.8) is 0 Å². The van der Waals surface area contributed by atoms with Gasteiger partial charge in [-0.05, 0) is 74.2 Å². The van der Waals surface area contributed by atoms with Crippen molar-refractivity contribution in [3.8, 4) is 11.5 Å². The van der Waals surface area contributed by atoms with Gasteiger partial charge in [-0.2, -0.15) is 0 Å². The number of hydrogen-bond donors (Lipinski definition) is 1. The summed E-state index contributed by atoms with van der Waals surface area (Å²) in [6, 6.07) is 22.5. The number of thioether (sulfide) groups is 1. The lowest BCUT2D eigenvalue weighted by Crippen LogP contribution is -2.13. The number of rotatable bonds is 11. The second kappa shape index (κ2) is 12.2. The highest BCUT2D eigenvalue weighted by Crippen LogP contribution is 2.29. The molecule has 1 amide bonds. The second-order valence-corrected chi connectivity index (χ2v) is 8.50. The van der Waals surface area contributed by atoms with Crippen LogP contribution in [-0.4, -0.2) is 19.1 Å². The number of hydrogen-bond acceptors (Lipinski definition) is 4. The molecule has 0 fully saturated rings. The quantitative estimate of drug-likeness (QED) is 0.333. The first kappa shape index (κ1) is 23.7. The van der Waals surface area contributed by atoms with E-state index in [4.69, 9.17) is 9.47 Å². The first-order chi connectivity index (χ1) is 15.6. The number of carbonyl (C=O) groups is 1. The van der Waals surface area contributed by atoms with E-state index in [2.05, 4.69) is 41.7 Å². The van der Waals surface area contributed by atoms with E-state index >= 15 is 0 Å². The Morgan fingerprint density at radius 3 is 2.31 bits per heavy atom. The molecule has 0 saturated carbocycles. The van der Waals surface area contributed by atoms with Gasteiger partial charge in [0.1, 0.15) is 0 Å². The highest BCUT2D eigenvalue weighted by atomic mass is 32.2. The molecule has 0 saturated heterocycles. The van der Waals surface area contributed by atoms with Crippen LogP contribution < -0.4 is 14.8 Å². The van der Waals surface area contributed by atoms with E-state index in [1.54, 1.807) is 0 Å². The first-order valence-corrected chi connectivity index (χ1v) is 12.0. The molecule has 32 heavy (non-hydrogen) atoms. The van der Waals surface area contributed by atoms with Crippen LogP contribution in [0.1, 0.15) is 37.0 Å². The number of aryl methyl sites for hydroxylation is 2. The Labute approximate surface area is 195 Å². The number of amides is 1. The van der Waals surface area contributed by atoms with Gasteiger partial charge < -0.3 is 14.8 Å². The van der Waals surface area contributed by atoms with Gasteiger partial charge in [0.15, 0.2) is 11.5 Å². The van der Waals surface area contributed by atoms with Crippen molar-refractivity contribution in [2.45, 2.75) is 44.3 Å². The van der Waals surface area contributed by atoms with Crippen LogP contribution in [0.2, 0.25) is 0 Å². The minimum absolute atomic E-state index is 0.00588. The summed E-state index contributed by atoms with van der Waals surface area (Å²) >= 11 is 1.81. The SMILES string of the molecule is CCOc1ccc(CCC(=O)Nc2ccc(CSc3ccccc3)cc2C)cc1OCC. The molecule has 5 heteroatoms. The van der Waals surface area contributed by atoms with Crippen molar-refractivity contribution in [1.82, 2.24) is 0 Å². The molecule has 0 heterocycles. The van der Waals surface area contributed by atoms with Crippen molar-refractivity contribution in [2.24, 2.45) is 0 Å². The second-order valence-electron chi connectivity index (χ2n) is 7.45. The third-order valence-corrected chi connectivity index (χ3v) is 6.05. The summed E-state index contributed by atoms with van der Waals surface area (Å²) in [5, 5.41) is 3.05. The maximum Gasteiger partial charge on any atom is 0.224 e. The fraction of sp³-hybridized carbons (Fsp3) is 0.296. The third-order valence-electron chi connectivity index (χ3n) is 4.96. The largest absolute Gasteiger partial charge is 0.490 e. The lowest BCUT2D eigenvalue weighted by molar-refractivity contribution is -0.116. The number of anilines is 1. The van der Waals surface area contributed by atoms with Crippen LogP contribution in [0.3, 0.4) is 0 Å². The summed E-state index contributed by atoms with van der Waals surface area (Å²) in [5.74, 6) is 2.38. The molecule has 1 N–H and O–H groups in total. The van der Waals surface area contributed by atoms with Crippen molar-refractivity contribution in [2.75, 3.05) is 18.5 Å². The van der Waals surface area contributed by atoms with Crippen LogP contribution in [0.25, 0.3) is 0 Å². The molecule has 0 bridgehead atoms. The normalized spacial score (nSPS) is 10.6. The van der Waals surface area contributed by atoms with E-state index in [1.807, 2.05) is 62.9 Å². The topological polar surface area (TPSA) is 47.6 Å². The fourth-order valence-corrected chi connectivity index (χ4v) is 4.22. The van der Waals surface area contributed by atoms with Gasteiger partial charge in [-0.15, -0.1) is 11.8 Å². The summed E-state index contributed by atoms with van der Waals surface area (Å²) in [5.41, 5.74) is 4.23. The molecule has 0 aromatic heterocycles. The van der Waals surface area contributed by atoms with Crippen LogP contribution >= 0.6 is 11.8 Å². The van der Waals surface area contributed by atoms with Gasteiger partial charge in [-0.1, -0.05) is 36.4 Å². The van der Waals surface area contributed by atoms with Gasteiger partial charge in [-0.3, -0.25) is 4.79 Å². The molecule has 168 valence electrons. The third kappa shape index (κ3) is 7.06. The maximum atomic E-state index is 12.5. The molecule has 0 radical (unpaired) electrons. The maximum absolute atomic E-state index is 12.5. The standard InChI is InChI=1S/C27H31NO3S/c1-4-30-25-15-12-21(18-26(25)31-5-2)13-16-27(29)28-24-14-11-22(17-20(24)3)19-32-23-9-7-6-8-10-23/h6-12,14-15,17-18H,4-5,13,16,19H2,1-3H3,(H,28,29). The van der Waals surface area contributed by atoms with Gasteiger partial charge >= 0.3 is 0 Å². The Kier molecular flexibility index (Phi) is 9.05. The Morgan fingerprint density at radius 2 is 1.59 bits per heavy atom. The molecule has 0 aliphatic heterocycles. The summed E-state index contributed by atoms with van der Waals surface area (Å²) < 4.78 is 11.3. The number of ether oxygens (including phenoxy) is 2. The van der Waals surface area contributed by atoms with E-state index in [-0.39, 0.29) is 5.91 Å². The molecular formula is C27H31NO3S. The Hall–Kier alpha value is -2.92. The average molecular weight is 450 g/mol. The van der Waals surface area contributed by atoms with Crippen LogP contribution in [0.15, 0.2) is 71.6 Å². The lowest BCUT2D eigenvalue weighted by Gasteiger charge is -2.13. The average Bonchev–Trinajstić information content (AvgIpc) is 2.80. The molecule has 3 aromatic rings. The smallest absolute Gasteiger partial charge is 0.224 e. The van der Waals surface area contributed by atoms with E-state index in [1.165, 1.54) is 10.5 Å². The number of nitrogens with one attached hydrogen (secondary N) is 1. The van der Waals surface area contributed by atoms with Crippen molar-refractivity contribution < 1.29 is 14.3 Å². The van der Waals surface area contributed by atoms with E-state index < -0.39 is 0 Å². The predicted octanol–water partition coefficient (Wildman–Crippen LogP) is 6.66. The monoisotopic (exact) mass is 449 g/mol. The first-order valence-electron chi connectivity index (χ1n) is 11.0. The van der Waals surface area contributed by atoms with Gasteiger partial charge in [0, 0.05) is 22.8 Å². The Balaban J connectivity index is 1.54. The van der Waals surface area contributed by atoms with Crippen LogP contribution in [-0.2, 0) is 17.0 Å². The Morgan fingerprint density at radius 1 is 0.875 bits per heavy atom. The molecule has 0 spiro atoms. The minimum atomic E-state index is 0.00588. The van der Waals surface area contributed by atoms with Crippen LogP contribution in [0, 0.1) is 6.92 Å². The molecule has 0 atom stereocenters. The van der Waals surface area contributed by atoms with E-state index in [0.29, 0.717) is 26.1 Å².